The Bertz CT molecular complexity index is 518. The molecule has 1 unspecified atom stereocenters. The summed E-state index contributed by atoms with van der Waals surface area (Å²) < 4.78 is 5.19. The molecule has 6 nitrogen and oxygen atoms in total. The van der Waals surface area contributed by atoms with Gasteiger partial charge in [0.15, 0.2) is 0 Å². The molecule has 1 aliphatic heterocycles. The average Bonchev–Trinajstić information content (AvgIpc) is 2.52. The smallest absolute Gasteiger partial charge is 0.303 e. The Kier molecular flexibility index (Phi) is 5.14. The van der Waals surface area contributed by atoms with Crippen LogP contribution in [0.25, 0.3) is 0 Å². The number of ether oxygens (including phenoxy) is 1. The van der Waals surface area contributed by atoms with E-state index in [1.807, 2.05) is 0 Å². The predicted octanol–water partition coefficient (Wildman–Crippen LogP) is 1.95. The number of likely N-dealkylation sites (tertiary alicyclic amines) is 1. The summed E-state index contributed by atoms with van der Waals surface area (Å²) in [6.45, 7) is 0.661. The minimum atomic E-state index is -0.825. The lowest BCUT2D eigenvalue weighted by Crippen LogP contribution is -2.44. The number of carboxylic acid groups (broad SMARTS) is 1. The molecule has 2 rings (SSSR count). The molecule has 1 aromatic rings. The van der Waals surface area contributed by atoms with Gasteiger partial charge in [0.1, 0.15) is 5.75 Å². The van der Waals surface area contributed by atoms with Crippen LogP contribution in [0.5, 0.6) is 5.75 Å². The maximum absolute atomic E-state index is 12.7. The molecule has 0 radical (unpaired) electrons. The zero-order valence-electron chi connectivity index (χ0n) is 12.1. The number of piperidine rings is 1. The van der Waals surface area contributed by atoms with E-state index in [-0.39, 0.29) is 18.4 Å². The molecule has 0 saturated carbocycles. The number of aromatic nitrogens is 1. The minimum absolute atomic E-state index is 0.0137. The summed E-state index contributed by atoms with van der Waals surface area (Å²) in [5, 5.41) is 8.84. The second-order valence-electron chi connectivity index (χ2n) is 5.16. The van der Waals surface area contributed by atoms with Crippen LogP contribution in [0.2, 0.25) is 0 Å². The number of rotatable bonds is 5. The van der Waals surface area contributed by atoms with E-state index in [0.717, 1.165) is 19.3 Å². The summed E-state index contributed by atoms with van der Waals surface area (Å²) in [7, 11) is 1.51. The topological polar surface area (TPSA) is 79.7 Å². The van der Waals surface area contributed by atoms with Crippen LogP contribution in [-0.2, 0) is 4.79 Å². The summed E-state index contributed by atoms with van der Waals surface area (Å²) in [5.74, 6) is -0.483. The van der Waals surface area contributed by atoms with E-state index in [1.54, 1.807) is 17.2 Å². The van der Waals surface area contributed by atoms with Crippen molar-refractivity contribution in [2.45, 2.75) is 38.1 Å². The van der Waals surface area contributed by atoms with Crippen LogP contribution in [0, 0.1) is 0 Å². The lowest BCUT2D eigenvalue weighted by atomic mass is 9.97. The van der Waals surface area contributed by atoms with Crippen LogP contribution in [0.3, 0.4) is 0 Å². The highest BCUT2D eigenvalue weighted by Gasteiger charge is 2.29. The summed E-state index contributed by atoms with van der Waals surface area (Å²) in [4.78, 5) is 29.2. The molecule has 6 heteroatoms. The normalized spacial score (nSPS) is 18.3. The molecular weight excluding hydrogens is 272 g/mol. The molecule has 1 atom stereocenters. The standard InChI is InChI=1S/C15H20N2O4/c1-21-13-10-16-8-7-12(13)15(20)17-9-3-2-4-11(17)5-6-14(18)19/h7-8,10-11H,2-6,9H2,1H3,(H,18,19). The Morgan fingerprint density at radius 2 is 2.29 bits per heavy atom. The summed E-state index contributed by atoms with van der Waals surface area (Å²) in [6.07, 6.45) is 6.49. The van der Waals surface area contributed by atoms with Crippen molar-refractivity contribution in [1.29, 1.82) is 0 Å². The van der Waals surface area contributed by atoms with E-state index in [9.17, 15) is 9.59 Å². The number of carbonyl (C=O) groups is 2. The fourth-order valence-corrected chi connectivity index (χ4v) is 2.73. The van der Waals surface area contributed by atoms with Gasteiger partial charge < -0.3 is 14.7 Å². The van der Waals surface area contributed by atoms with Crippen LogP contribution in [0.4, 0.5) is 0 Å². The molecule has 1 aromatic heterocycles. The summed E-state index contributed by atoms with van der Waals surface area (Å²) in [6, 6.07) is 1.63. The van der Waals surface area contributed by atoms with Gasteiger partial charge in [0, 0.05) is 25.2 Å². The fraction of sp³-hybridized carbons (Fsp3) is 0.533. The third-order valence-electron chi connectivity index (χ3n) is 3.81. The lowest BCUT2D eigenvalue weighted by molar-refractivity contribution is -0.137. The third kappa shape index (κ3) is 3.71. The van der Waals surface area contributed by atoms with Crippen molar-refractivity contribution in [1.82, 2.24) is 9.88 Å². The largest absolute Gasteiger partial charge is 0.494 e. The SMILES string of the molecule is COc1cnccc1C(=O)N1CCCCC1CCC(=O)O. The number of aliphatic carboxylic acids is 1. The predicted molar refractivity (Wildman–Crippen MR) is 76.3 cm³/mol. The number of pyridine rings is 1. The van der Waals surface area contributed by atoms with Crippen molar-refractivity contribution in [3.8, 4) is 5.75 Å². The van der Waals surface area contributed by atoms with Gasteiger partial charge >= 0.3 is 5.97 Å². The van der Waals surface area contributed by atoms with Gasteiger partial charge in [-0.2, -0.15) is 0 Å². The molecule has 114 valence electrons. The second-order valence-corrected chi connectivity index (χ2v) is 5.16. The highest BCUT2D eigenvalue weighted by molar-refractivity contribution is 5.97. The van der Waals surface area contributed by atoms with Crippen LogP contribution in [0.15, 0.2) is 18.5 Å². The number of methoxy groups -OCH3 is 1. The number of hydrogen-bond acceptors (Lipinski definition) is 4. The summed E-state index contributed by atoms with van der Waals surface area (Å²) >= 11 is 0. The highest BCUT2D eigenvalue weighted by atomic mass is 16.5. The molecular formula is C15H20N2O4. The molecule has 0 aromatic carbocycles. The first-order chi connectivity index (χ1) is 10.1. The lowest BCUT2D eigenvalue weighted by Gasteiger charge is -2.36. The van der Waals surface area contributed by atoms with Gasteiger partial charge in [-0.3, -0.25) is 14.6 Å². The van der Waals surface area contributed by atoms with Gasteiger partial charge in [-0.1, -0.05) is 0 Å². The molecule has 0 aliphatic carbocycles. The maximum atomic E-state index is 12.7. The number of carboxylic acids is 1. The molecule has 1 fully saturated rings. The monoisotopic (exact) mass is 292 g/mol. The van der Waals surface area contributed by atoms with Gasteiger partial charge in [0.25, 0.3) is 5.91 Å². The molecule has 1 saturated heterocycles. The van der Waals surface area contributed by atoms with Gasteiger partial charge in [-0.15, -0.1) is 0 Å². The Morgan fingerprint density at radius 1 is 1.48 bits per heavy atom. The van der Waals surface area contributed by atoms with E-state index >= 15 is 0 Å². The van der Waals surface area contributed by atoms with Crippen LogP contribution in [0.1, 0.15) is 42.5 Å². The van der Waals surface area contributed by atoms with Gasteiger partial charge in [-0.05, 0) is 31.7 Å². The van der Waals surface area contributed by atoms with Crippen molar-refractivity contribution in [2.75, 3.05) is 13.7 Å². The van der Waals surface area contributed by atoms with E-state index in [0.29, 0.717) is 24.3 Å². The number of amides is 1. The van der Waals surface area contributed by atoms with E-state index in [4.69, 9.17) is 9.84 Å². The number of nitrogens with zero attached hydrogens (tertiary/aromatic N) is 2. The first-order valence-electron chi connectivity index (χ1n) is 7.14. The molecule has 2 heterocycles. The van der Waals surface area contributed by atoms with Crippen molar-refractivity contribution in [2.24, 2.45) is 0 Å². The molecule has 0 spiro atoms. The van der Waals surface area contributed by atoms with E-state index in [2.05, 4.69) is 4.98 Å². The Balaban J connectivity index is 2.16. The Hall–Kier alpha value is -2.11. The molecule has 0 bridgehead atoms. The average molecular weight is 292 g/mol. The van der Waals surface area contributed by atoms with E-state index in [1.165, 1.54) is 13.3 Å². The van der Waals surface area contributed by atoms with Crippen LogP contribution < -0.4 is 4.74 Å². The van der Waals surface area contributed by atoms with Crippen molar-refractivity contribution in [3.05, 3.63) is 24.0 Å². The zero-order valence-corrected chi connectivity index (χ0v) is 12.1. The third-order valence-corrected chi connectivity index (χ3v) is 3.81. The zero-order chi connectivity index (χ0) is 15.2. The molecule has 1 amide bonds. The minimum Gasteiger partial charge on any atom is -0.494 e. The Morgan fingerprint density at radius 3 is 3.00 bits per heavy atom. The second kappa shape index (κ2) is 7.06. The first kappa shape index (κ1) is 15.3. The molecule has 21 heavy (non-hydrogen) atoms. The Labute approximate surface area is 123 Å². The molecule has 1 N–H and O–H groups in total. The van der Waals surface area contributed by atoms with Gasteiger partial charge in [-0.25, -0.2) is 0 Å². The fourth-order valence-electron chi connectivity index (χ4n) is 2.73. The van der Waals surface area contributed by atoms with Crippen molar-refractivity contribution < 1.29 is 19.4 Å². The van der Waals surface area contributed by atoms with Crippen LogP contribution >= 0.6 is 0 Å². The van der Waals surface area contributed by atoms with Crippen molar-refractivity contribution >= 4 is 11.9 Å². The summed E-state index contributed by atoms with van der Waals surface area (Å²) in [5.41, 5.74) is 0.481. The molecule has 1 aliphatic rings. The number of carbonyl (C=O) groups excluding carboxylic acids is 1. The highest BCUT2D eigenvalue weighted by Crippen LogP contribution is 2.26. The number of hydrogen-bond donors (Lipinski definition) is 1. The quantitative estimate of drug-likeness (QED) is 0.897. The van der Waals surface area contributed by atoms with Crippen LogP contribution in [-0.4, -0.2) is 46.6 Å². The van der Waals surface area contributed by atoms with Gasteiger partial charge in [0.2, 0.25) is 0 Å². The van der Waals surface area contributed by atoms with Crippen molar-refractivity contribution in [3.63, 3.8) is 0 Å². The van der Waals surface area contributed by atoms with Gasteiger partial charge in [0.05, 0.1) is 18.9 Å². The maximum Gasteiger partial charge on any atom is 0.303 e. The first-order valence-corrected chi connectivity index (χ1v) is 7.14. The van der Waals surface area contributed by atoms with E-state index < -0.39 is 5.97 Å².